The summed E-state index contributed by atoms with van der Waals surface area (Å²) in [6, 6.07) is 7.46. The summed E-state index contributed by atoms with van der Waals surface area (Å²) >= 11 is 0. The highest BCUT2D eigenvalue weighted by molar-refractivity contribution is 5.92. The molecule has 112 valence electrons. The van der Waals surface area contributed by atoms with Crippen molar-refractivity contribution in [2.45, 2.75) is 12.8 Å². The predicted octanol–water partition coefficient (Wildman–Crippen LogP) is 2.64. The van der Waals surface area contributed by atoms with Crippen LogP contribution < -0.4 is 5.32 Å². The Hall–Kier alpha value is -2.21. The van der Waals surface area contributed by atoms with Crippen molar-refractivity contribution in [3.05, 3.63) is 41.9 Å². The molecule has 1 aromatic heterocycles. The van der Waals surface area contributed by atoms with E-state index in [9.17, 15) is 9.18 Å². The molecule has 5 nitrogen and oxygen atoms in total. The maximum Gasteiger partial charge on any atom is 0.289 e. The predicted molar refractivity (Wildman–Crippen MR) is 75.3 cm³/mol. The third-order valence-electron chi connectivity index (χ3n) is 2.92. The number of amides is 1. The van der Waals surface area contributed by atoms with Crippen LogP contribution in [0.4, 0.5) is 4.39 Å². The van der Waals surface area contributed by atoms with Gasteiger partial charge < -0.3 is 14.6 Å². The van der Waals surface area contributed by atoms with E-state index in [1.54, 1.807) is 19.2 Å². The van der Waals surface area contributed by atoms with Crippen LogP contribution in [0, 0.1) is 5.82 Å². The van der Waals surface area contributed by atoms with Crippen molar-refractivity contribution >= 4 is 5.91 Å². The Bertz CT molecular complexity index is 598. The number of hydrogen-bond acceptors (Lipinski definition) is 4. The van der Waals surface area contributed by atoms with E-state index in [-0.39, 0.29) is 17.5 Å². The largest absolute Gasteiger partial charge is 0.385 e. The Kier molecular flexibility index (Phi) is 5.45. The molecule has 2 rings (SSSR count). The number of unbranched alkanes of at least 4 members (excludes halogenated alkanes) is 1. The minimum atomic E-state index is -0.361. The smallest absolute Gasteiger partial charge is 0.289 e. The highest BCUT2D eigenvalue weighted by atomic mass is 19.1. The van der Waals surface area contributed by atoms with Crippen LogP contribution in [-0.2, 0) is 4.74 Å². The lowest BCUT2D eigenvalue weighted by Crippen LogP contribution is -2.24. The maximum absolute atomic E-state index is 13.1. The summed E-state index contributed by atoms with van der Waals surface area (Å²) in [6.45, 7) is 1.21. The minimum Gasteiger partial charge on any atom is -0.385 e. The summed E-state index contributed by atoms with van der Waals surface area (Å²) in [7, 11) is 1.64. The monoisotopic (exact) mass is 292 g/mol. The lowest BCUT2D eigenvalue weighted by molar-refractivity contribution is 0.0914. The van der Waals surface area contributed by atoms with Crippen LogP contribution in [-0.4, -0.2) is 31.3 Å². The molecule has 0 radical (unpaired) electrons. The van der Waals surface area contributed by atoms with Crippen molar-refractivity contribution in [3.63, 3.8) is 0 Å². The molecular weight excluding hydrogens is 275 g/mol. The second kappa shape index (κ2) is 7.54. The van der Waals surface area contributed by atoms with Crippen molar-refractivity contribution < 1.29 is 18.4 Å². The van der Waals surface area contributed by atoms with Gasteiger partial charge in [-0.1, -0.05) is 17.3 Å². The Labute approximate surface area is 122 Å². The van der Waals surface area contributed by atoms with Crippen LogP contribution >= 0.6 is 0 Å². The van der Waals surface area contributed by atoms with Gasteiger partial charge in [0, 0.05) is 31.9 Å². The highest BCUT2D eigenvalue weighted by Crippen LogP contribution is 2.19. The van der Waals surface area contributed by atoms with E-state index in [0.29, 0.717) is 24.4 Å². The second-order valence-corrected chi connectivity index (χ2v) is 4.54. The van der Waals surface area contributed by atoms with E-state index in [1.165, 1.54) is 18.2 Å². The zero-order chi connectivity index (χ0) is 15.1. The third-order valence-corrected chi connectivity index (χ3v) is 2.92. The number of halogens is 1. The Balaban J connectivity index is 1.92. The zero-order valence-corrected chi connectivity index (χ0v) is 11.8. The van der Waals surface area contributed by atoms with Crippen molar-refractivity contribution in [2.75, 3.05) is 20.3 Å². The average Bonchev–Trinajstić information content (AvgIpc) is 2.97. The lowest BCUT2D eigenvalue weighted by atomic mass is 10.1. The Morgan fingerprint density at radius 2 is 2.24 bits per heavy atom. The fourth-order valence-electron chi connectivity index (χ4n) is 1.83. The maximum atomic E-state index is 13.1. The number of nitrogens with one attached hydrogen (secondary N) is 1. The molecular formula is C15H17FN2O3. The molecule has 0 atom stereocenters. The number of benzene rings is 1. The molecule has 0 saturated carbocycles. The molecule has 1 heterocycles. The van der Waals surface area contributed by atoms with Crippen LogP contribution in [0.5, 0.6) is 0 Å². The van der Waals surface area contributed by atoms with E-state index >= 15 is 0 Å². The fraction of sp³-hybridized carbons (Fsp3) is 0.333. The second-order valence-electron chi connectivity index (χ2n) is 4.54. The van der Waals surface area contributed by atoms with Gasteiger partial charge in [-0.05, 0) is 25.0 Å². The molecule has 6 heteroatoms. The van der Waals surface area contributed by atoms with Gasteiger partial charge >= 0.3 is 0 Å². The summed E-state index contributed by atoms with van der Waals surface area (Å²) in [6.07, 6.45) is 1.70. The molecule has 1 aromatic carbocycles. The Morgan fingerprint density at radius 3 is 3.00 bits per heavy atom. The summed E-state index contributed by atoms with van der Waals surface area (Å²) < 4.78 is 23.1. The number of carbonyl (C=O) groups is 1. The number of methoxy groups -OCH3 is 1. The summed E-state index contributed by atoms with van der Waals surface area (Å²) in [4.78, 5) is 11.8. The first-order chi connectivity index (χ1) is 10.2. The molecule has 1 amide bonds. The summed E-state index contributed by atoms with van der Waals surface area (Å²) in [5, 5.41) is 6.52. The summed E-state index contributed by atoms with van der Waals surface area (Å²) in [5.74, 6) is -0.580. The van der Waals surface area contributed by atoms with Crippen molar-refractivity contribution in [1.29, 1.82) is 0 Å². The molecule has 0 saturated heterocycles. The van der Waals surface area contributed by atoms with Gasteiger partial charge in [0.2, 0.25) is 5.76 Å². The van der Waals surface area contributed by atoms with Crippen molar-refractivity contribution in [3.8, 4) is 11.3 Å². The molecule has 0 bridgehead atoms. The number of carbonyl (C=O) groups excluding carboxylic acids is 1. The summed E-state index contributed by atoms with van der Waals surface area (Å²) in [5.41, 5.74) is 0.997. The van der Waals surface area contributed by atoms with E-state index in [0.717, 1.165) is 12.8 Å². The molecule has 0 aliphatic rings. The number of aromatic nitrogens is 1. The first-order valence-electron chi connectivity index (χ1n) is 6.70. The van der Waals surface area contributed by atoms with Crippen molar-refractivity contribution in [1.82, 2.24) is 10.5 Å². The molecule has 21 heavy (non-hydrogen) atoms. The SMILES string of the molecule is COCCCCNC(=O)c1cc(-c2cccc(F)c2)no1. The zero-order valence-electron chi connectivity index (χ0n) is 11.8. The quantitative estimate of drug-likeness (QED) is 0.797. The van der Waals surface area contributed by atoms with Gasteiger partial charge in [-0.25, -0.2) is 4.39 Å². The number of ether oxygens (including phenoxy) is 1. The van der Waals surface area contributed by atoms with Gasteiger partial charge in [-0.15, -0.1) is 0 Å². The van der Waals surface area contributed by atoms with Crippen LogP contribution in [0.3, 0.4) is 0 Å². The first-order valence-corrected chi connectivity index (χ1v) is 6.70. The molecule has 0 aliphatic carbocycles. The van der Waals surface area contributed by atoms with Crippen molar-refractivity contribution in [2.24, 2.45) is 0 Å². The molecule has 0 fully saturated rings. The first kappa shape index (κ1) is 15.2. The molecule has 0 spiro atoms. The highest BCUT2D eigenvalue weighted by Gasteiger charge is 2.13. The van der Waals surface area contributed by atoms with Gasteiger partial charge in [-0.2, -0.15) is 0 Å². The Morgan fingerprint density at radius 1 is 1.38 bits per heavy atom. The average molecular weight is 292 g/mol. The van der Waals surface area contributed by atoms with Crippen LogP contribution in [0.2, 0.25) is 0 Å². The van der Waals surface area contributed by atoms with Gasteiger partial charge in [0.1, 0.15) is 11.5 Å². The number of hydrogen-bond donors (Lipinski definition) is 1. The van der Waals surface area contributed by atoms with E-state index in [2.05, 4.69) is 10.5 Å². The van der Waals surface area contributed by atoms with Gasteiger partial charge in [0.25, 0.3) is 5.91 Å². The van der Waals surface area contributed by atoms with Gasteiger partial charge in [0.05, 0.1) is 0 Å². The fourth-order valence-corrected chi connectivity index (χ4v) is 1.83. The number of nitrogens with zero attached hydrogens (tertiary/aromatic N) is 1. The third kappa shape index (κ3) is 4.39. The van der Waals surface area contributed by atoms with Crippen LogP contribution in [0.1, 0.15) is 23.4 Å². The van der Waals surface area contributed by atoms with E-state index < -0.39 is 0 Å². The standard InChI is InChI=1S/C15H17FN2O3/c1-20-8-3-2-7-17-15(19)14-10-13(18-21-14)11-5-4-6-12(16)9-11/h4-6,9-10H,2-3,7-8H2,1H3,(H,17,19). The topological polar surface area (TPSA) is 64.4 Å². The van der Waals surface area contributed by atoms with Gasteiger partial charge in [0.15, 0.2) is 0 Å². The van der Waals surface area contributed by atoms with Crippen LogP contribution in [0.15, 0.2) is 34.9 Å². The molecule has 2 aromatic rings. The van der Waals surface area contributed by atoms with Gasteiger partial charge in [-0.3, -0.25) is 4.79 Å². The van der Waals surface area contributed by atoms with Crippen LogP contribution in [0.25, 0.3) is 11.3 Å². The van der Waals surface area contributed by atoms with E-state index in [4.69, 9.17) is 9.26 Å². The molecule has 0 unspecified atom stereocenters. The van der Waals surface area contributed by atoms with E-state index in [1.807, 2.05) is 0 Å². The molecule has 0 aliphatic heterocycles. The minimum absolute atomic E-state index is 0.112. The normalized spacial score (nSPS) is 10.6. The lowest BCUT2D eigenvalue weighted by Gasteiger charge is -2.01. The number of rotatable bonds is 7. The molecule has 1 N–H and O–H groups in total.